The maximum atomic E-state index is 14.6. The third kappa shape index (κ3) is 3.45. The minimum Gasteiger partial charge on any atom is -0.495 e. The molecule has 0 bridgehead atoms. The summed E-state index contributed by atoms with van der Waals surface area (Å²) in [4.78, 5) is 8.67. The number of hydrogen-bond acceptors (Lipinski definition) is 6. The summed E-state index contributed by atoms with van der Waals surface area (Å²) >= 11 is 0. The Kier molecular flexibility index (Phi) is 4.81. The van der Waals surface area contributed by atoms with E-state index >= 15 is 0 Å². The number of ether oxygens (including phenoxy) is 1. The lowest BCUT2D eigenvalue weighted by Crippen LogP contribution is -2.06. The van der Waals surface area contributed by atoms with Crippen LogP contribution in [0.2, 0.25) is 0 Å². The Bertz CT molecular complexity index is 1470. The first-order chi connectivity index (χ1) is 15.5. The van der Waals surface area contributed by atoms with Crippen LogP contribution in [-0.4, -0.2) is 31.7 Å². The first-order valence-corrected chi connectivity index (χ1v) is 9.54. The fraction of sp³-hybridized carbons (Fsp3) is 0.0909. The van der Waals surface area contributed by atoms with Gasteiger partial charge in [-0.25, -0.2) is 18.2 Å². The molecule has 4 heterocycles. The van der Waals surface area contributed by atoms with Crippen LogP contribution in [0.5, 0.6) is 5.75 Å². The Morgan fingerprint density at radius 3 is 2.59 bits per heavy atom. The molecule has 1 N–H and O–H groups in total. The SMILES string of the molecule is COc1cnc2c(NCc3nnc4c(F)cc(-c5ccc(F)c(F)c5)cn34)ccnc2c1. The summed E-state index contributed by atoms with van der Waals surface area (Å²) in [5.41, 5.74) is 2.69. The van der Waals surface area contributed by atoms with Crippen molar-refractivity contribution in [2.45, 2.75) is 6.54 Å². The van der Waals surface area contributed by atoms with Crippen LogP contribution in [0, 0.1) is 17.5 Å². The van der Waals surface area contributed by atoms with Crippen molar-refractivity contribution in [2.75, 3.05) is 12.4 Å². The molecule has 32 heavy (non-hydrogen) atoms. The van der Waals surface area contributed by atoms with E-state index in [2.05, 4.69) is 25.5 Å². The number of halogens is 3. The summed E-state index contributed by atoms with van der Waals surface area (Å²) in [6, 6.07) is 8.13. The second kappa shape index (κ2) is 7.80. The predicted molar refractivity (Wildman–Crippen MR) is 112 cm³/mol. The highest BCUT2D eigenvalue weighted by atomic mass is 19.2. The van der Waals surface area contributed by atoms with Gasteiger partial charge in [-0.1, -0.05) is 6.07 Å². The van der Waals surface area contributed by atoms with E-state index in [4.69, 9.17) is 4.74 Å². The normalized spacial score (nSPS) is 11.2. The molecule has 4 aromatic heterocycles. The van der Waals surface area contributed by atoms with Crippen LogP contribution in [0.1, 0.15) is 5.82 Å². The molecule has 0 amide bonds. The molecule has 7 nitrogen and oxygen atoms in total. The van der Waals surface area contributed by atoms with Crippen LogP contribution < -0.4 is 10.1 Å². The predicted octanol–water partition coefficient (Wildman–Crippen LogP) is 4.38. The van der Waals surface area contributed by atoms with Gasteiger partial charge >= 0.3 is 0 Å². The molecule has 0 unspecified atom stereocenters. The summed E-state index contributed by atoms with van der Waals surface area (Å²) in [5, 5.41) is 11.2. The van der Waals surface area contributed by atoms with Gasteiger partial charge in [0.25, 0.3) is 0 Å². The average Bonchev–Trinajstić information content (AvgIpc) is 3.22. The molecule has 10 heteroatoms. The fourth-order valence-electron chi connectivity index (χ4n) is 3.39. The van der Waals surface area contributed by atoms with Gasteiger partial charge < -0.3 is 10.1 Å². The lowest BCUT2D eigenvalue weighted by molar-refractivity contribution is 0.413. The quantitative estimate of drug-likeness (QED) is 0.441. The van der Waals surface area contributed by atoms with Gasteiger partial charge in [-0.2, -0.15) is 0 Å². The maximum Gasteiger partial charge on any atom is 0.196 e. The second-order valence-electron chi connectivity index (χ2n) is 6.97. The number of hydrogen-bond donors (Lipinski definition) is 1. The summed E-state index contributed by atoms with van der Waals surface area (Å²) < 4.78 is 48.2. The van der Waals surface area contributed by atoms with E-state index < -0.39 is 17.5 Å². The Balaban J connectivity index is 1.49. The number of methoxy groups -OCH3 is 1. The molecule has 0 saturated carbocycles. The van der Waals surface area contributed by atoms with Crippen LogP contribution in [0.15, 0.2) is 55.0 Å². The Morgan fingerprint density at radius 1 is 0.938 bits per heavy atom. The van der Waals surface area contributed by atoms with Gasteiger partial charge in [-0.15, -0.1) is 10.2 Å². The van der Waals surface area contributed by atoms with Crippen molar-refractivity contribution >= 4 is 22.4 Å². The number of nitrogens with one attached hydrogen (secondary N) is 1. The van der Waals surface area contributed by atoms with Crippen LogP contribution in [0.25, 0.3) is 27.8 Å². The Labute approximate surface area is 179 Å². The van der Waals surface area contributed by atoms with Gasteiger partial charge in [0.1, 0.15) is 11.3 Å². The van der Waals surface area contributed by atoms with Crippen LogP contribution in [0.4, 0.5) is 18.9 Å². The van der Waals surface area contributed by atoms with E-state index in [0.29, 0.717) is 39.4 Å². The van der Waals surface area contributed by atoms with Crippen molar-refractivity contribution in [2.24, 2.45) is 0 Å². The Morgan fingerprint density at radius 2 is 1.78 bits per heavy atom. The van der Waals surface area contributed by atoms with Crippen molar-refractivity contribution in [3.05, 3.63) is 78.3 Å². The number of aromatic nitrogens is 5. The van der Waals surface area contributed by atoms with Gasteiger partial charge in [0, 0.05) is 24.0 Å². The smallest absolute Gasteiger partial charge is 0.196 e. The highest BCUT2D eigenvalue weighted by molar-refractivity contribution is 5.87. The van der Waals surface area contributed by atoms with Crippen molar-refractivity contribution < 1.29 is 17.9 Å². The lowest BCUT2D eigenvalue weighted by atomic mass is 10.1. The minimum absolute atomic E-state index is 0.0237. The first kappa shape index (κ1) is 19.7. The summed E-state index contributed by atoms with van der Waals surface area (Å²) in [6.45, 7) is 0.203. The van der Waals surface area contributed by atoms with Crippen LogP contribution in [0.3, 0.4) is 0 Å². The second-order valence-corrected chi connectivity index (χ2v) is 6.97. The lowest BCUT2D eigenvalue weighted by Gasteiger charge is -2.09. The van der Waals surface area contributed by atoms with Crippen molar-refractivity contribution in [3.63, 3.8) is 0 Å². The average molecular weight is 436 g/mol. The van der Waals surface area contributed by atoms with Gasteiger partial charge in [0.15, 0.2) is 28.9 Å². The molecule has 1 aromatic carbocycles. The molecule has 0 radical (unpaired) electrons. The molecule has 160 valence electrons. The fourth-order valence-corrected chi connectivity index (χ4v) is 3.39. The zero-order chi connectivity index (χ0) is 22.2. The van der Waals surface area contributed by atoms with Gasteiger partial charge in [0.2, 0.25) is 0 Å². The van der Waals surface area contributed by atoms with Crippen LogP contribution in [-0.2, 0) is 6.54 Å². The highest BCUT2D eigenvalue weighted by Gasteiger charge is 2.14. The Hall–Kier alpha value is -4.21. The molecule has 5 aromatic rings. The molecule has 0 aliphatic rings. The maximum absolute atomic E-state index is 14.6. The first-order valence-electron chi connectivity index (χ1n) is 9.54. The number of pyridine rings is 3. The minimum atomic E-state index is -1.01. The van der Waals surface area contributed by atoms with Crippen LogP contribution >= 0.6 is 0 Å². The number of benzene rings is 1. The number of rotatable bonds is 5. The third-order valence-electron chi connectivity index (χ3n) is 5.01. The molecule has 0 aliphatic heterocycles. The van der Waals surface area contributed by atoms with E-state index in [1.807, 2.05) is 0 Å². The molecule has 0 aliphatic carbocycles. The monoisotopic (exact) mass is 436 g/mol. The van der Waals surface area contributed by atoms with E-state index in [1.165, 1.54) is 16.5 Å². The van der Waals surface area contributed by atoms with Gasteiger partial charge in [0.05, 0.1) is 31.1 Å². The molecule has 5 rings (SSSR count). The topological polar surface area (TPSA) is 77.2 Å². The number of fused-ring (bicyclic) bond motifs is 2. The molecule has 0 fully saturated rings. The zero-order valence-corrected chi connectivity index (χ0v) is 16.7. The summed E-state index contributed by atoms with van der Waals surface area (Å²) in [6.07, 6.45) is 4.80. The molecular formula is C22H15F3N6O. The number of anilines is 1. The number of nitrogens with zero attached hydrogens (tertiary/aromatic N) is 5. The molecular weight excluding hydrogens is 421 g/mol. The van der Waals surface area contributed by atoms with Crippen molar-refractivity contribution in [1.82, 2.24) is 24.6 Å². The largest absolute Gasteiger partial charge is 0.495 e. The van der Waals surface area contributed by atoms with E-state index in [0.717, 1.165) is 12.1 Å². The highest BCUT2D eigenvalue weighted by Crippen LogP contribution is 2.26. The van der Waals surface area contributed by atoms with E-state index in [9.17, 15) is 13.2 Å². The van der Waals surface area contributed by atoms with Gasteiger partial charge in [-0.3, -0.25) is 9.38 Å². The van der Waals surface area contributed by atoms with E-state index in [1.54, 1.807) is 37.8 Å². The molecule has 0 saturated heterocycles. The van der Waals surface area contributed by atoms with Crippen molar-refractivity contribution in [1.29, 1.82) is 0 Å². The third-order valence-corrected chi connectivity index (χ3v) is 5.01. The summed E-state index contributed by atoms with van der Waals surface area (Å²) in [5.74, 6) is -1.61. The standard InChI is InChI=1S/C22H15F3N6O/c1-32-14-8-19-21(28-9-14)18(4-5-26-19)27-10-20-29-30-22-17(25)7-13(11-31(20)22)12-2-3-15(23)16(24)6-12/h2-9,11H,10H2,1H3,(H,26,27). The summed E-state index contributed by atoms with van der Waals surface area (Å²) in [7, 11) is 1.55. The van der Waals surface area contributed by atoms with E-state index in [-0.39, 0.29) is 12.2 Å². The van der Waals surface area contributed by atoms with Crippen molar-refractivity contribution in [3.8, 4) is 16.9 Å². The molecule has 0 spiro atoms. The van der Waals surface area contributed by atoms with Gasteiger partial charge in [-0.05, 0) is 29.8 Å². The molecule has 0 atom stereocenters. The zero-order valence-electron chi connectivity index (χ0n) is 16.7.